The summed E-state index contributed by atoms with van der Waals surface area (Å²) in [6.07, 6.45) is 1.07. The van der Waals surface area contributed by atoms with Crippen molar-refractivity contribution < 1.29 is 13.2 Å². The second kappa shape index (κ2) is 1.88. The van der Waals surface area contributed by atoms with Gasteiger partial charge in [0.25, 0.3) is 5.92 Å². The van der Waals surface area contributed by atoms with Crippen LogP contribution >= 0.6 is 0 Å². The normalized spacial score (nSPS) is 32.0. The molecule has 1 unspecified atom stereocenters. The first-order chi connectivity index (χ1) is 5.47. The fraction of sp³-hybridized carbons (Fsp3) is 0.500. The number of alkyl halides is 2. The fourth-order valence-corrected chi connectivity index (χ4v) is 1.38. The first-order valence-electron chi connectivity index (χ1n) is 3.69. The molecular formula is C8H9F2NO. The summed E-state index contributed by atoms with van der Waals surface area (Å²) in [5.41, 5.74) is 4.60. The summed E-state index contributed by atoms with van der Waals surface area (Å²) in [6.45, 7) is 1.71. The van der Waals surface area contributed by atoms with Crippen molar-refractivity contribution in [2.75, 3.05) is 0 Å². The number of aryl methyl sites for hydroxylation is 1. The summed E-state index contributed by atoms with van der Waals surface area (Å²) in [5.74, 6) is -2.58. The first-order valence-corrected chi connectivity index (χ1v) is 3.69. The molecule has 12 heavy (non-hydrogen) atoms. The minimum atomic E-state index is -2.80. The van der Waals surface area contributed by atoms with Crippen LogP contribution in [0.3, 0.4) is 0 Å². The maximum atomic E-state index is 12.7. The van der Waals surface area contributed by atoms with Gasteiger partial charge >= 0.3 is 0 Å². The molecule has 1 atom stereocenters. The molecule has 1 heterocycles. The van der Waals surface area contributed by atoms with Crippen molar-refractivity contribution in [2.45, 2.75) is 24.8 Å². The molecule has 2 rings (SSSR count). The van der Waals surface area contributed by atoms with Crippen molar-refractivity contribution in [3.63, 3.8) is 0 Å². The van der Waals surface area contributed by atoms with Crippen LogP contribution in [-0.2, 0) is 5.54 Å². The fourth-order valence-electron chi connectivity index (χ4n) is 1.38. The Labute approximate surface area is 68.4 Å². The smallest absolute Gasteiger partial charge is 0.275 e. The van der Waals surface area contributed by atoms with Gasteiger partial charge in [-0.15, -0.1) is 0 Å². The maximum Gasteiger partial charge on any atom is 0.275 e. The quantitative estimate of drug-likeness (QED) is 0.703. The molecule has 0 spiro atoms. The summed E-state index contributed by atoms with van der Waals surface area (Å²) < 4.78 is 30.4. The monoisotopic (exact) mass is 173 g/mol. The van der Waals surface area contributed by atoms with Gasteiger partial charge in [0.15, 0.2) is 0 Å². The number of halogens is 2. The van der Waals surface area contributed by atoms with Gasteiger partial charge in [-0.3, -0.25) is 0 Å². The van der Waals surface area contributed by atoms with Gasteiger partial charge < -0.3 is 10.2 Å². The summed E-state index contributed by atoms with van der Waals surface area (Å²) in [6, 6.07) is 1.64. The molecule has 2 N–H and O–H groups in total. The highest BCUT2D eigenvalue weighted by atomic mass is 19.3. The molecule has 0 bridgehead atoms. The van der Waals surface area contributed by atoms with E-state index in [1.54, 1.807) is 13.0 Å². The number of furan rings is 1. The molecule has 0 aliphatic heterocycles. The highest BCUT2D eigenvalue weighted by molar-refractivity contribution is 5.34. The Hall–Kier alpha value is -0.900. The first kappa shape index (κ1) is 7.73. The van der Waals surface area contributed by atoms with E-state index in [1.165, 1.54) is 6.26 Å². The lowest BCUT2D eigenvalue weighted by molar-refractivity contribution is 0.0831. The molecule has 4 heteroatoms. The van der Waals surface area contributed by atoms with Crippen LogP contribution in [0.4, 0.5) is 8.78 Å². The molecule has 1 aliphatic carbocycles. The Morgan fingerprint density at radius 2 is 2.17 bits per heavy atom. The summed E-state index contributed by atoms with van der Waals surface area (Å²) >= 11 is 0. The number of hydrogen-bond donors (Lipinski definition) is 1. The van der Waals surface area contributed by atoms with Crippen LogP contribution in [0.2, 0.25) is 0 Å². The standard InChI is InChI=1S/C8H9F2NO/c1-5-2-3-12-6(5)7(11)4-8(7,9)10/h2-3H,4,11H2,1H3. The van der Waals surface area contributed by atoms with Gasteiger partial charge in [0.05, 0.1) is 6.26 Å². The Kier molecular flexibility index (Phi) is 1.21. The second-order valence-electron chi connectivity index (χ2n) is 3.29. The minimum Gasteiger partial charge on any atom is -0.467 e. The number of nitrogens with two attached hydrogens (primary N) is 1. The molecule has 0 amide bonds. The molecule has 0 saturated heterocycles. The van der Waals surface area contributed by atoms with Crippen molar-refractivity contribution in [3.8, 4) is 0 Å². The SMILES string of the molecule is Cc1ccoc1C1(N)CC1(F)F. The minimum absolute atomic E-state index is 0.215. The van der Waals surface area contributed by atoms with E-state index in [4.69, 9.17) is 10.2 Å². The molecule has 0 aromatic carbocycles. The molecular weight excluding hydrogens is 164 g/mol. The molecule has 1 aromatic heterocycles. The molecule has 2 nitrogen and oxygen atoms in total. The topological polar surface area (TPSA) is 39.2 Å². The van der Waals surface area contributed by atoms with Crippen molar-refractivity contribution in [3.05, 3.63) is 23.7 Å². The van der Waals surface area contributed by atoms with E-state index in [0.29, 0.717) is 5.56 Å². The number of rotatable bonds is 1. The zero-order valence-electron chi connectivity index (χ0n) is 6.60. The van der Waals surface area contributed by atoms with Crippen LogP contribution in [0.25, 0.3) is 0 Å². The predicted molar refractivity (Wildman–Crippen MR) is 38.9 cm³/mol. The van der Waals surface area contributed by atoms with Crippen molar-refractivity contribution in [1.82, 2.24) is 0 Å². The average Bonchev–Trinajstić information content (AvgIpc) is 2.36. The third kappa shape index (κ3) is 0.756. The maximum absolute atomic E-state index is 12.7. The zero-order chi connectivity index (χ0) is 8.98. The molecule has 1 aliphatic rings. The molecule has 66 valence electrons. The van der Waals surface area contributed by atoms with E-state index in [-0.39, 0.29) is 12.2 Å². The summed E-state index contributed by atoms with van der Waals surface area (Å²) in [5, 5.41) is 0. The van der Waals surface area contributed by atoms with Gasteiger partial charge in [-0.25, -0.2) is 8.78 Å². The molecule has 0 radical (unpaired) electrons. The van der Waals surface area contributed by atoms with E-state index >= 15 is 0 Å². The average molecular weight is 173 g/mol. The molecule has 1 fully saturated rings. The Morgan fingerprint density at radius 3 is 2.50 bits per heavy atom. The van der Waals surface area contributed by atoms with Crippen molar-refractivity contribution in [1.29, 1.82) is 0 Å². The number of hydrogen-bond acceptors (Lipinski definition) is 2. The third-order valence-electron chi connectivity index (χ3n) is 2.30. The summed E-state index contributed by atoms with van der Waals surface area (Å²) in [4.78, 5) is 0. The van der Waals surface area contributed by atoms with Gasteiger partial charge in [0, 0.05) is 6.42 Å². The van der Waals surface area contributed by atoms with Gasteiger partial charge in [-0.2, -0.15) is 0 Å². The van der Waals surface area contributed by atoms with Gasteiger partial charge in [-0.1, -0.05) is 0 Å². The van der Waals surface area contributed by atoms with E-state index in [0.717, 1.165) is 0 Å². The second-order valence-corrected chi connectivity index (χ2v) is 3.29. The highest BCUT2D eigenvalue weighted by Crippen LogP contribution is 2.58. The van der Waals surface area contributed by atoms with Crippen LogP contribution in [0.15, 0.2) is 16.7 Å². The van der Waals surface area contributed by atoms with Crippen LogP contribution < -0.4 is 5.73 Å². The Balaban J connectivity index is 2.40. The van der Waals surface area contributed by atoms with Crippen LogP contribution in [0.5, 0.6) is 0 Å². The lowest BCUT2D eigenvalue weighted by atomic mass is 10.1. The lowest BCUT2D eigenvalue weighted by Gasteiger charge is -2.07. The van der Waals surface area contributed by atoms with Gasteiger partial charge in [-0.05, 0) is 18.6 Å². The lowest BCUT2D eigenvalue weighted by Crippen LogP contribution is -2.27. The largest absolute Gasteiger partial charge is 0.467 e. The summed E-state index contributed by atoms with van der Waals surface area (Å²) in [7, 11) is 0. The Morgan fingerprint density at radius 1 is 1.58 bits per heavy atom. The Bertz CT molecular complexity index is 321. The van der Waals surface area contributed by atoms with E-state index < -0.39 is 11.5 Å². The van der Waals surface area contributed by atoms with Gasteiger partial charge in [0.1, 0.15) is 11.3 Å². The predicted octanol–water partition coefficient (Wildman–Crippen LogP) is 1.78. The zero-order valence-corrected chi connectivity index (χ0v) is 6.60. The van der Waals surface area contributed by atoms with Gasteiger partial charge in [0.2, 0.25) is 0 Å². The third-order valence-corrected chi connectivity index (χ3v) is 2.30. The highest BCUT2D eigenvalue weighted by Gasteiger charge is 2.72. The van der Waals surface area contributed by atoms with Crippen molar-refractivity contribution in [2.24, 2.45) is 5.73 Å². The molecule has 1 saturated carbocycles. The van der Waals surface area contributed by atoms with E-state index in [9.17, 15) is 8.78 Å². The van der Waals surface area contributed by atoms with Crippen LogP contribution in [0, 0.1) is 6.92 Å². The van der Waals surface area contributed by atoms with Crippen LogP contribution in [0.1, 0.15) is 17.7 Å². The van der Waals surface area contributed by atoms with E-state index in [1.807, 2.05) is 0 Å². The molecule has 1 aromatic rings. The van der Waals surface area contributed by atoms with E-state index in [2.05, 4.69) is 0 Å². The van der Waals surface area contributed by atoms with Crippen molar-refractivity contribution >= 4 is 0 Å². The van der Waals surface area contributed by atoms with Crippen LogP contribution in [-0.4, -0.2) is 5.92 Å².